The number of carbonyl (C=O) groups is 1. The van der Waals surface area contributed by atoms with Gasteiger partial charge in [-0.3, -0.25) is 14.6 Å². The highest BCUT2D eigenvalue weighted by atomic mass is 32.1. The van der Waals surface area contributed by atoms with Gasteiger partial charge in [-0.2, -0.15) is 0 Å². The molecule has 0 aliphatic heterocycles. The maximum Gasteiger partial charge on any atom is 0.255 e. The average Bonchev–Trinajstić information content (AvgIpc) is 3.61. The van der Waals surface area contributed by atoms with Crippen molar-refractivity contribution < 1.29 is 4.79 Å². The fraction of sp³-hybridized carbons (Fsp3) is 0.357. The van der Waals surface area contributed by atoms with Crippen LogP contribution < -0.4 is 5.32 Å². The highest BCUT2D eigenvalue weighted by molar-refractivity contribution is 7.03. The number of benzene rings is 2. The molecule has 0 fully saturated rings. The Kier molecular flexibility index (Phi) is 9.93. The molecule has 0 saturated carbocycles. The lowest BCUT2D eigenvalue weighted by Crippen LogP contribution is -2.24. The molecule has 0 atom stereocenters. The lowest BCUT2D eigenvalue weighted by molar-refractivity contribution is 0.102. The molecule has 4 rings (SSSR count). The molecule has 194 valence electrons. The van der Waals surface area contributed by atoms with Crippen LogP contribution in [0, 0.1) is 0 Å². The SMILES string of the molecule is CCCN(CCC)Cc1ccc(NC(=O)c2ccc(CN(Cc3csnn3)Cc3ncc[nH]3)cc2)cc1. The van der Waals surface area contributed by atoms with Crippen LogP contribution in [0.1, 0.15) is 59.7 Å². The van der Waals surface area contributed by atoms with E-state index in [0.717, 1.165) is 55.2 Å². The van der Waals surface area contributed by atoms with Crippen LogP contribution in [0.5, 0.6) is 0 Å². The summed E-state index contributed by atoms with van der Waals surface area (Å²) in [7, 11) is 0. The molecule has 0 aliphatic rings. The zero-order chi connectivity index (χ0) is 25.9. The summed E-state index contributed by atoms with van der Waals surface area (Å²) in [5.41, 5.74) is 4.74. The molecule has 2 aromatic carbocycles. The minimum atomic E-state index is -0.112. The smallest absolute Gasteiger partial charge is 0.255 e. The van der Waals surface area contributed by atoms with E-state index in [4.69, 9.17) is 0 Å². The van der Waals surface area contributed by atoms with Gasteiger partial charge in [-0.25, -0.2) is 4.98 Å². The Balaban J connectivity index is 1.34. The van der Waals surface area contributed by atoms with Crippen LogP contribution in [0.15, 0.2) is 66.3 Å². The summed E-state index contributed by atoms with van der Waals surface area (Å²) in [6.45, 7) is 9.61. The topological polar surface area (TPSA) is 90.0 Å². The third-order valence-electron chi connectivity index (χ3n) is 6.04. The van der Waals surface area contributed by atoms with Crippen molar-refractivity contribution in [1.29, 1.82) is 0 Å². The number of amides is 1. The third-order valence-corrected chi connectivity index (χ3v) is 6.59. The molecule has 37 heavy (non-hydrogen) atoms. The first-order chi connectivity index (χ1) is 18.1. The van der Waals surface area contributed by atoms with Crippen LogP contribution in [0.25, 0.3) is 0 Å². The van der Waals surface area contributed by atoms with Gasteiger partial charge in [0.05, 0.1) is 12.2 Å². The lowest BCUT2D eigenvalue weighted by Gasteiger charge is -2.21. The van der Waals surface area contributed by atoms with E-state index in [1.54, 1.807) is 6.20 Å². The fourth-order valence-electron chi connectivity index (χ4n) is 4.32. The molecule has 2 aromatic heterocycles. The van der Waals surface area contributed by atoms with Crippen molar-refractivity contribution in [2.24, 2.45) is 0 Å². The number of nitrogens with one attached hydrogen (secondary N) is 2. The van der Waals surface area contributed by atoms with Gasteiger partial charge < -0.3 is 10.3 Å². The maximum atomic E-state index is 12.8. The number of carbonyl (C=O) groups excluding carboxylic acids is 1. The van der Waals surface area contributed by atoms with Gasteiger partial charge in [-0.1, -0.05) is 42.6 Å². The van der Waals surface area contributed by atoms with E-state index in [9.17, 15) is 4.79 Å². The quantitative estimate of drug-likeness (QED) is 0.235. The first-order valence-electron chi connectivity index (χ1n) is 12.8. The first kappa shape index (κ1) is 26.7. The normalized spacial score (nSPS) is 11.4. The van der Waals surface area contributed by atoms with E-state index < -0.39 is 0 Å². The van der Waals surface area contributed by atoms with E-state index in [-0.39, 0.29) is 5.91 Å². The largest absolute Gasteiger partial charge is 0.348 e. The Morgan fingerprint density at radius 3 is 2.16 bits per heavy atom. The molecular weight excluding hydrogens is 482 g/mol. The number of rotatable bonds is 14. The summed E-state index contributed by atoms with van der Waals surface area (Å²) >= 11 is 1.35. The van der Waals surface area contributed by atoms with Crippen molar-refractivity contribution in [3.63, 3.8) is 0 Å². The van der Waals surface area contributed by atoms with E-state index in [1.807, 2.05) is 48.0 Å². The molecule has 0 saturated heterocycles. The van der Waals surface area contributed by atoms with Gasteiger partial charge in [0.25, 0.3) is 5.91 Å². The van der Waals surface area contributed by atoms with E-state index in [1.165, 1.54) is 17.1 Å². The molecule has 9 heteroatoms. The number of hydrogen-bond donors (Lipinski definition) is 2. The van der Waals surface area contributed by atoms with Gasteiger partial charge in [0.1, 0.15) is 5.82 Å². The Morgan fingerprint density at radius 1 is 0.892 bits per heavy atom. The fourth-order valence-corrected chi connectivity index (χ4v) is 4.77. The molecule has 0 unspecified atom stereocenters. The first-order valence-corrected chi connectivity index (χ1v) is 13.6. The number of hydrogen-bond acceptors (Lipinski definition) is 7. The van der Waals surface area contributed by atoms with Crippen LogP contribution in [-0.4, -0.2) is 48.4 Å². The molecular formula is C28H35N7OS. The van der Waals surface area contributed by atoms with Gasteiger partial charge in [0.2, 0.25) is 0 Å². The second kappa shape index (κ2) is 13.8. The molecule has 0 aliphatic carbocycles. The Bertz CT molecular complexity index is 1150. The van der Waals surface area contributed by atoms with Crippen molar-refractivity contribution in [1.82, 2.24) is 29.4 Å². The van der Waals surface area contributed by atoms with Crippen molar-refractivity contribution in [2.45, 2.75) is 52.9 Å². The standard InChI is InChI=1S/C28H35N7OS/c1-3-15-34(16-4-2)17-23-7-11-25(12-8-23)31-28(36)24-9-5-22(6-10-24)18-35(19-26-21-37-33-32-26)20-27-29-13-14-30-27/h5-14,21H,3-4,15-20H2,1-2H3,(H,29,30)(H,31,36). The number of imidazole rings is 1. The van der Waals surface area contributed by atoms with Crippen molar-refractivity contribution >= 4 is 23.1 Å². The maximum absolute atomic E-state index is 12.8. The van der Waals surface area contributed by atoms with Gasteiger partial charge in [-0.05, 0) is 72.9 Å². The van der Waals surface area contributed by atoms with Crippen LogP contribution in [0.2, 0.25) is 0 Å². The Labute approximate surface area is 222 Å². The summed E-state index contributed by atoms with van der Waals surface area (Å²) in [4.78, 5) is 25.1. The minimum Gasteiger partial charge on any atom is -0.348 e. The molecule has 1 amide bonds. The van der Waals surface area contributed by atoms with Crippen LogP contribution in [0.4, 0.5) is 5.69 Å². The number of nitrogens with zero attached hydrogens (tertiary/aromatic N) is 5. The second-order valence-corrected chi connectivity index (χ2v) is 9.81. The van der Waals surface area contributed by atoms with Crippen LogP contribution in [-0.2, 0) is 26.2 Å². The van der Waals surface area contributed by atoms with Gasteiger partial charge >= 0.3 is 0 Å². The number of H-pyrrole nitrogens is 1. The average molecular weight is 518 g/mol. The zero-order valence-corrected chi connectivity index (χ0v) is 22.4. The highest BCUT2D eigenvalue weighted by Crippen LogP contribution is 2.16. The second-order valence-electron chi connectivity index (χ2n) is 9.20. The summed E-state index contributed by atoms with van der Waals surface area (Å²) in [5.74, 6) is 0.785. The van der Waals surface area contributed by atoms with Gasteiger partial charge in [-0.15, -0.1) is 5.10 Å². The molecule has 2 heterocycles. The Hall–Kier alpha value is -3.40. The number of aromatic nitrogens is 4. The molecule has 0 spiro atoms. The van der Waals surface area contributed by atoms with Crippen LogP contribution in [0.3, 0.4) is 0 Å². The monoisotopic (exact) mass is 517 g/mol. The van der Waals surface area contributed by atoms with Crippen molar-refractivity contribution in [2.75, 3.05) is 18.4 Å². The predicted octanol–water partition coefficient (Wildman–Crippen LogP) is 5.34. The van der Waals surface area contributed by atoms with Gasteiger partial charge in [0.15, 0.2) is 0 Å². The molecule has 8 nitrogen and oxygen atoms in total. The molecule has 0 radical (unpaired) electrons. The highest BCUT2D eigenvalue weighted by Gasteiger charge is 2.13. The molecule has 4 aromatic rings. The van der Waals surface area contributed by atoms with Crippen LogP contribution >= 0.6 is 11.5 Å². The van der Waals surface area contributed by atoms with E-state index in [0.29, 0.717) is 25.2 Å². The predicted molar refractivity (Wildman–Crippen MR) is 148 cm³/mol. The molecule has 2 N–H and O–H groups in total. The summed E-state index contributed by atoms with van der Waals surface area (Å²) < 4.78 is 3.97. The zero-order valence-electron chi connectivity index (χ0n) is 21.6. The van der Waals surface area contributed by atoms with E-state index in [2.05, 4.69) is 60.7 Å². The van der Waals surface area contributed by atoms with E-state index >= 15 is 0 Å². The minimum absolute atomic E-state index is 0.112. The number of aromatic amines is 1. The summed E-state index contributed by atoms with van der Waals surface area (Å²) in [5, 5.41) is 9.16. The number of anilines is 1. The molecule has 0 bridgehead atoms. The lowest BCUT2D eigenvalue weighted by atomic mass is 10.1. The van der Waals surface area contributed by atoms with Crippen molar-refractivity contribution in [3.8, 4) is 0 Å². The summed E-state index contributed by atoms with van der Waals surface area (Å²) in [6, 6.07) is 15.9. The third kappa shape index (κ3) is 8.31. The van der Waals surface area contributed by atoms with Gasteiger partial charge in [0, 0.05) is 48.7 Å². The van der Waals surface area contributed by atoms with Crippen molar-refractivity contribution in [3.05, 3.63) is 94.5 Å². The Morgan fingerprint density at radius 2 is 1.57 bits per heavy atom. The summed E-state index contributed by atoms with van der Waals surface area (Å²) in [6.07, 6.45) is 5.88.